The minimum atomic E-state index is -1.06. The molecule has 182 valence electrons. The number of carboxylic acids is 1. The van der Waals surface area contributed by atoms with Gasteiger partial charge >= 0.3 is 11.9 Å². The van der Waals surface area contributed by atoms with Crippen molar-refractivity contribution < 1.29 is 24.2 Å². The van der Waals surface area contributed by atoms with E-state index in [-0.39, 0.29) is 18.8 Å². The van der Waals surface area contributed by atoms with Gasteiger partial charge in [0, 0.05) is 17.9 Å². The molecule has 0 radical (unpaired) electrons. The van der Waals surface area contributed by atoms with Crippen molar-refractivity contribution in [1.29, 1.82) is 0 Å². The van der Waals surface area contributed by atoms with Gasteiger partial charge in [-0.25, -0.2) is 4.79 Å². The van der Waals surface area contributed by atoms with Crippen LogP contribution in [0.1, 0.15) is 66.6 Å². The average molecular weight is 474 g/mol. The molecule has 0 aliphatic heterocycles. The summed E-state index contributed by atoms with van der Waals surface area (Å²) in [7, 11) is 0. The number of rotatable bonds is 9. The van der Waals surface area contributed by atoms with Gasteiger partial charge in [-0.3, -0.25) is 9.59 Å². The monoisotopic (exact) mass is 473 g/mol. The van der Waals surface area contributed by atoms with E-state index in [0.717, 1.165) is 16.7 Å². The van der Waals surface area contributed by atoms with Gasteiger partial charge in [-0.05, 0) is 56.0 Å². The van der Waals surface area contributed by atoms with E-state index in [0.29, 0.717) is 5.56 Å². The van der Waals surface area contributed by atoms with Crippen LogP contribution in [0, 0.1) is 0 Å². The molecule has 1 amide bonds. The zero-order chi connectivity index (χ0) is 25.4. The first kappa shape index (κ1) is 25.7. The third-order valence-corrected chi connectivity index (χ3v) is 5.42. The highest BCUT2D eigenvalue weighted by atomic mass is 16.6. The lowest BCUT2D eigenvalue weighted by atomic mass is 9.85. The number of ether oxygens (including phenoxy) is 1. The number of benzene rings is 3. The van der Waals surface area contributed by atoms with E-state index >= 15 is 0 Å². The Labute approximate surface area is 206 Å². The molecule has 1 unspecified atom stereocenters. The zero-order valence-corrected chi connectivity index (χ0v) is 20.2. The molecule has 0 saturated carbocycles. The summed E-state index contributed by atoms with van der Waals surface area (Å²) in [6, 6.07) is 26.4. The predicted molar refractivity (Wildman–Crippen MR) is 134 cm³/mol. The van der Waals surface area contributed by atoms with E-state index < -0.39 is 29.5 Å². The standard InChI is InChI=1S/C29H31NO5/c1-29(2,3)35-28(34)24(18-19-25(31)32)30-27(33)23-16-14-22(15-17-23)26(20-10-6-4-7-11-20)21-12-8-5-9-13-21/h4-17,24,26H,18-19H2,1-3H3,(H,30,33)(H,31,32). The Kier molecular flexibility index (Phi) is 8.42. The predicted octanol–water partition coefficient (Wildman–Crippen LogP) is 5.17. The van der Waals surface area contributed by atoms with Crippen molar-refractivity contribution in [3.05, 3.63) is 107 Å². The van der Waals surface area contributed by atoms with Crippen LogP contribution in [0.5, 0.6) is 0 Å². The Hall–Kier alpha value is -3.93. The fraction of sp³-hybridized carbons (Fsp3) is 0.276. The molecule has 3 rings (SSSR count). The number of hydrogen-bond acceptors (Lipinski definition) is 4. The number of carbonyl (C=O) groups excluding carboxylic acids is 2. The number of esters is 1. The minimum absolute atomic E-state index is 0.000380. The lowest BCUT2D eigenvalue weighted by Crippen LogP contribution is -2.44. The number of carbonyl (C=O) groups is 3. The third-order valence-electron chi connectivity index (χ3n) is 5.42. The number of amides is 1. The molecule has 3 aromatic carbocycles. The number of hydrogen-bond donors (Lipinski definition) is 2. The lowest BCUT2D eigenvalue weighted by Gasteiger charge is -2.24. The van der Waals surface area contributed by atoms with Crippen molar-refractivity contribution in [2.24, 2.45) is 0 Å². The molecule has 0 aliphatic carbocycles. The summed E-state index contributed by atoms with van der Waals surface area (Å²) in [6.07, 6.45) is -0.322. The van der Waals surface area contributed by atoms with Crippen molar-refractivity contribution in [1.82, 2.24) is 5.32 Å². The molecule has 3 aromatic rings. The second-order valence-electron chi connectivity index (χ2n) is 9.37. The maximum Gasteiger partial charge on any atom is 0.329 e. The van der Waals surface area contributed by atoms with Gasteiger partial charge in [-0.1, -0.05) is 72.8 Å². The summed E-state index contributed by atoms with van der Waals surface area (Å²) in [6.45, 7) is 5.15. The zero-order valence-electron chi connectivity index (χ0n) is 20.2. The molecule has 35 heavy (non-hydrogen) atoms. The van der Waals surface area contributed by atoms with E-state index in [1.807, 2.05) is 48.5 Å². The van der Waals surface area contributed by atoms with Gasteiger partial charge in [0.1, 0.15) is 11.6 Å². The number of aliphatic carboxylic acids is 1. The van der Waals surface area contributed by atoms with Crippen LogP contribution >= 0.6 is 0 Å². The second kappa shape index (κ2) is 11.5. The quantitative estimate of drug-likeness (QED) is 0.330. The van der Waals surface area contributed by atoms with Crippen LogP contribution in [0.2, 0.25) is 0 Å². The van der Waals surface area contributed by atoms with E-state index in [1.165, 1.54) is 0 Å². The molecule has 0 heterocycles. The third kappa shape index (κ3) is 7.54. The normalized spacial score (nSPS) is 12.1. The van der Waals surface area contributed by atoms with E-state index in [9.17, 15) is 14.4 Å². The Morgan fingerprint density at radius 1 is 0.800 bits per heavy atom. The van der Waals surface area contributed by atoms with Crippen LogP contribution in [0.15, 0.2) is 84.9 Å². The highest BCUT2D eigenvalue weighted by Gasteiger charge is 2.27. The SMILES string of the molecule is CC(C)(C)OC(=O)C(CCC(=O)O)NC(=O)c1ccc(C(c2ccccc2)c2ccccc2)cc1. The van der Waals surface area contributed by atoms with Crippen LogP contribution in [-0.4, -0.2) is 34.6 Å². The highest BCUT2D eigenvalue weighted by molar-refractivity contribution is 5.97. The van der Waals surface area contributed by atoms with Gasteiger partial charge in [-0.2, -0.15) is 0 Å². The molecule has 0 aromatic heterocycles. The van der Waals surface area contributed by atoms with E-state index in [2.05, 4.69) is 29.6 Å². The Morgan fingerprint density at radius 3 is 1.74 bits per heavy atom. The van der Waals surface area contributed by atoms with Crippen LogP contribution < -0.4 is 5.32 Å². The Bertz CT molecular complexity index is 1100. The molecule has 0 spiro atoms. The fourth-order valence-corrected chi connectivity index (χ4v) is 3.83. The van der Waals surface area contributed by atoms with Crippen molar-refractivity contribution in [3.8, 4) is 0 Å². The molecule has 6 heteroatoms. The molecule has 6 nitrogen and oxygen atoms in total. The van der Waals surface area contributed by atoms with Gasteiger partial charge in [0.15, 0.2) is 0 Å². The maximum atomic E-state index is 12.9. The molecule has 0 fully saturated rings. The second-order valence-corrected chi connectivity index (χ2v) is 9.37. The van der Waals surface area contributed by atoms with Crippen molar-refractivity contribution >= 4 is 17.8 Å². The topological polar surface area (TPSA) is 92.7 Å². The first-order valence-electron chi connectivity index (χ1n) is 11.6. The Morgan fingerprint density at radius 2 is 1.29 bits per heavy atom. The summed E-state index contributed by atoms with van der Waals surface area (Å²) in [5.41, 5.74) is 2.91. The van der Waals surface area contributed by atoms with Crippen LogP contribution in [0.4, 0.5) is 0 Å². The van der Waals surface area contributed by atoms with E-state index in [1.54, 1.807) is 32.9 Å². The first-order valence-corrected chi connectivity index (χ1v) is 11.6. The van der Waals surface area contributed by atoms with Crippen molar-refractivity contribution in [2.45, 2.75) is 51.2 Å². The largest absolute Gasteiger partial charge is 0.481 e. The number of nitrogens with one attached hydrogen (secondary N) is 1. The molecular formula is C29H31NO5. The van der Waals surface area contributed by atoms with Crippen molar-refractivity contribution in [2.75, 3.05) is 0 Å². The van der Waals surface area contributed by atoms with Gasteiger partial charge < -0.3 is 15.2 Å². The van der Waals surface area contributed by atoms with E-state index in [4.69, 9.17) is 9.84 Å². The van der Waals surface area contributed by atoms with Gasteiger partial charge in [-0.15, -0.1) is 0 Å². The van der Waals surface area contributed by atoms with Crippen LogP contribution in [-0.2, 0) is 14.3 Å². The molecular weight excluding hydrogens is 442 g/mol. The summed E-state index contributed by atoms with van der Waals surface area (Å²) >= 11 is 0. The smallest absolute Gasteiger partial charge is 0.329 e. The summed E-state index contributed by atoms with van der Waals surface area (Å²) in [5, 5.41) is 11.7. The molecule has 1 atom stereocenters. The Balaban J connectivity index is 1.82. The van der Waals surface area contributed by atoms with Crippen LogP contribution in [0.3, 0.4) is 0 Å². The van der Waals surface area contributed by atoms with Gasteiger partial charge in [0.25, 0.3) is 5.91 Å². The molecule has 2 N–H and O–H groups in total. The molecule has 0 bridgehead atoms. The van der Waals surface area contributed by atoms with Crippen LogP contribution in [0.25, 0.3) is 0 Å². The summed E-state index contributed by atoms with van der Waals surface area (Å²) < 4.78 is 5.37. The maximum absolute atomic E-state index is 12.9. The fourth-order valence-electron chi connectivity index (χ4n) is 3.83. The first-order chi connectivity index (χ1) is 16.6. The number of carboxylic acid groups (broad SMARTS) is 1. The van der Waals surface area contributed by atoms with Gasteiger partial charge in [0.2, 0.25) is 0 Å². The highest BCUT2D eigenvalue weighted by Crippen LogP contribution is 2.31. The molecule has 0 aliphatic rings. The van der Waals surface area contributed by atoms with Crippen molar-refractivity contribution in [3.63, 3.8) is 0 Å². The lowest BCUT2D eigenvalue weighted by molar-refractivity contribution is -0.157. The summed E-state index contributed by atoms with van der Waals surface area (Å²) in [4.78, 5) is 36.5. The summed E-state index contributed by atoms with van der Waals surface area (Å²) in [5.74, 6) is -2.17. The average Bonchev–Trinajstić information content (AvgIpc) is 2.82. The molecule has 0 saturated heterocycles. The minimum Gasteiger partial charge on any atom is -0.481 e. The van der Waals surface area contributed by atoms with Gasteiger partial charge in [0.05, 0.1) is 0 Å².